The van der Waals surface area contributed by atoms with Gasteiger partial charge in [0, 0.05) is 10.9 Å². The lowest BCUT2D eigenvalue weighted by Gasteiger charge is -2.05. The van der Waals surface area contributed by atoms with Gasteiger partial charge in [-0.15, -0.1) is 0 Å². The summed E-state index contributed by atoms with van der Waals surface area (Å²) in [6.07, 6.45) is 0.554. The van der Waals surface area contributed by atoms with Crippen LogP contribution < -0.4 is 0 Å². The topological polar surface area (TPSA) is 50.4 Å². The van der Waals surface area contributed by atoms with Crippen LogP contribution >= 0.6 is 0 Å². The Morgan fingerprint density at radius 2 is 2.11 bits per heavy atom. The number of carbonyl (C=O) groups is 1. The summed E-state index contributed by atoms with van der Waals surface area (Å²) in [4.78, 5) is 11.2. The van der Waals surface area contributed by atoms with Crippen molar-refractivity contribution in [2.24, 2.45) is 5.92 Å². The summed E-state index contributed by atoms with van der Waals surface area (Å²) >= 11 is 0. The Balaban J connectivity index is 2.80. The fourth-order valence-corrected chi connectivity index (χ4v) is 2.18. The highest BCUT2D eigenvalue weighted by molar-refractivity contribution is 5.96. The van der Waals surface area contributed by atoms with E-state index in [-0.39, 0.29) is 17.3 Å². The Bertz CT molecular complexity index is 611. The number of carboxylic acid groups (broad SMARTS) is 1. The predicted molar refractivity (Wildman–Crippen MR) is 66.4 cm³/mol. The SMILES string of the molecule is Cc1ccc(F)c2oc(C(=O)O)c(CC(C)C)c12. The molecule has 0 atom stereocenters. The minimum Gasteiger partial charge on any atom is -0.475 e. The van der Waals surface area contributed by atoms with E-state index >= 15 is 0 Å². The van der Waals surface area contributed by atoms with Crippen LogP contribution in [0.2, 0.25) is 0 Å². The molecule has 4 heteroatoms. The number of hydrogen-bond acceptors (Lipinski definition) is 2. The molecule has 96 valence electrons. The van der Waals surface area contributed by atoms with Crippen molar-refractivity contribution < 1.29 is 18.7 Å². The van der Waals surface area contributed by atoms with E-state index in [1.165, 1.54) is 6.07 Å². The van der Waals surface area contributed by atoms with Crippen LogP contribution in [0.1, 0.15) is 35.5 Å². The molecule has 0 aliphatic heterocycles. The first-order valence-corrected chi connectivity index (χ1v) is 5.85. The number of aromatic carboxylic acids is 1. The molecule has 2 aromatic rings. The lowest BCUT2D eigenvalue weighted by Crippen LogP contribution is -2.02. The first-order chi connectivity index (χ1) is 8.41. The van der Waals surface area contributed by atoms with Crippen LogP contribution in [0, 0.1) is 18.7 Å². The summed E-state index contributed by atoms with van der Waals surface area (Å²) < 4.78 is 18.9. The van der Waals surface area contributed by atoms with Crippen LogP contribution in [-0.4, -0.2) is 11.1 Å². The van der Waals surface area contributed by atoms with Crippen LogP contribution in [0.5, 0.6) is 0 Å². The Morgan fingerprint density at radius 1 is 1.44 bits per heavy atom. The van der Waals surface area contributed by atoms with Gasteiger partial charge < -0.3 is 9.52 Å². The molecule has 2 rings (SSSR count). The molecular weight excluding hydrogens is 235 g/mol. The number of halogens is 1. The highest BCUT2D eigenvalue weighted by Gasteiger charge is 2.23. The van der Waals surface area contributed by atoms with Crippen molar-refractivity contribution in [3.05, 3.63) is 34.8 Å². The van der Waals surface area contributed by atoms with Gasteiger partial charge in [-0.25, -0.2) is 9.18 Å². The number of fused-ring (bicyclic) bond motifs is 1. The van der Waals surface area contributed by atoms with Crippen molar-refractivity contribution in [1.29, 1.82) is 0 Å². The number of furan rings is 1. The third kappa shape index (κ3) is 1.98. The van der Waals surface area contributed by atoms with Gasteiger partial charge in [0.1, 0.15) is 0 Å². The molecule has 0 fully saturated rings. The van der Waals surface area contributed by atoms with Crippen LogP contribution in [-0.2, 0) is 6.42 Å². The van der Waals surface area contributed by atoms with Crippen molar-refractivity contribution in [1.82, 2.24) is 0 Å². The number of carboxylic acids is 1. The quantitative estimate of drug-likeness (QED) is 0.901. The third-order valence-electron chi connectivity index (χ3n) is 2.90. The molecule has 0 spiro atoms. The summed E-state index contributed by atoms with van der Waals surface area (Å²) in [6, 6.07) is 2.94. The molecule has 1 heterocycles. The van der Waals surface area contributed by atoms with Gasteiger partial charge in [0.15, 0.2) is 11.4 Å². The van der Waals surface area contributed by atoms with Gasteiger partial charge in [-0.1, -0.05) is 19.9 Å². The lowest BCUT2D eigenvalue weighted by atomic mass is 9.97. The largest absolute Gasteiger partial charge is 0.475 e. The maximum atomic E-state index is 13.7. The molecule has 1 aromatic carbocycles. The number of rotatable bonds is 3. The van der Waals surface area contributed by atoms with E-state index in [0.717, 1.165) is 5.56 Å². The second kappa shape index (κ2) is 4.44. The van der Waals surface area contributed by atoms with Gasteiger partial charge in [0.05, 0.1) is 0 Å². The maximum Gasteiger partial charge on any atom is 0.372 e. The van der Waals surface area contributed by atoms with E-state index in [2.05, 4.69) is 0 Å². The minimum atomic E-state index is -1.15. The molecule has 1 aromatic heterocycles. The van der Waals surface area contributed by atoms with E-state index in [1.807, 2.05) is 20.8 Å². The molecule has 0 aliphatic rings. The second-order valence-corrected chi connectivity index (χ2v) is 4.88. The highest BCUT2D eigenvalue weighted by atomic mass is 19.1. The standard InChI is InChI=1S/C14H15FO3/c1-7(2)6-9-11-8(3)4-5-10(15)13(11)18-12(9)14(16)17/h4-5,7H,6H2,1-3H3,(H,16,17). The van der Waals surface area contributed by atoms with E-state index in [1.54, 1.807) is 6.07 Å². The van der Waals surface area contributed by atoms with Crippen molar-refractivity contribution in [2.75, 3.05) is 0 Å². The van der Waals surface area contributed by atoms with Gasteiger partial charge in [-0.05, 0) is 30.9 Å². The van der Waals surface area contributed by atoms with Gasteiger partial charge in [0.25, 0.3) is 0 Å². The van der Waals surface area contributed by atoms with Crippen LogP contribution in [0.4, 0.5) is 4.39 Å². The average molecular weight is 250 g/mol. The van der Waals surface area contributed by atoms with Crippen LogP contribution in [0.25, 0.3) is 11.0 Å². The molecule has 0 saturated heterocycles. The Hall–Kier alpha value is -1.84. The van der Waals surface area contributed by atoms with Crippen molar-refractivity contribution in [3.63, 3.8) is 0 Å². The molecule has 18 heavy (non-hydrogen) atoms. The number of hydrogen-bond donors (Lipinski definition) is 1. The van der Waals surface area contributed by atoms with E-state index in [4.69, 9.17) is 9.52 Å². The predicted octanol–water partition coefficient (Wildman–Crippen LogP) is 3.78. The zero-order valence-electron chi connectivity index (χ0n) is 10.6. The summed E-state index contributed by atoms with van der Waals surface area (Å²) in [5, 5.41) is 9.74. The van der Waals surface area contributed by atoms with Gasteiger partial charge >= 0.3 is 5.97 Å². The van der Waals surface area contributed by atoms with E-state index in [0.29, 0.717) is 17.4 Å². The number of aryl methyl sites for hydroxylation is 1. The second-order valence-electron chi connectivity index (χ2n) is 4.88. The normalized spacial score (nSPS) is 11.4. The Labute approximate surface area is 104 Å². The fourth-order valence-electron chi connectivity index (χ4n) is 2.18. The summed E-state index contributed by atoms with van der Waals surface area (Å²) in [5.74, 6) is -1.55. The Kier molecular flexibility index (Phi) is 3.11. The summed E-state index contributed by atoms with van der Waals surface area (Å²) in [5.41, 5.74) is 1.46. The first kappa shape index (κ1) is 12.6. The fraction of sp³-hybridized carbons (Fsp3) is 0.357. The van der Waals surface area contributed by atoms with Gasteiger partial charge in [-0.2, -0.15) is 0 Å². The monoisotopic (exact) mass is 250 g/mol. The molecule has 0 saturated carbocycles. The zero-order valence-corrected chi connectivity index (χ0v) is 10.6. The van der Waals surface area contributed by atoms with Crippen LogP contribution in [0.15, 0.2) is 16.5 Å². The molecule has 1 N–H and O–H groups in total. The van der Waals surface area contributed by atoms with Crippen LogP contribution in [0.3, 0.4) is 0 Å². The van der Waals surface area contributed by atoms with E-state index in [9.17, 15) is 9.18 Å². The summed E-state index contributed by atoms with van der Waals surface area (Å²) in [6.45, 7) is 5.80. The molecule has 0 unspecified atom stereocenters. The maximum absolute atomic E-state index is 13.7. The van der Waals surface area contributed by atoms with Gasteiger partial charge in [0.2, 0.25) is 5.76 Å². The molecule has 0 amide bonds. The molecule has 0 bridgehead atoms. The van der Waals surface area contributed by atoms with E-state index < -0.39 is 11.8 Å². The van der Waals surface area contributed by atoms with Gasteiger partial charge in [-0.3, -0.25) is 0 Å². The number of benzene rings is 1. The highest BCUT2D eigenvalue weighted by Crippen LogP contribution is 2.32. The Morgan fingerprint density at radius 3 is 2.67 bits per heavy atom. The molecule has 0 radical (unpaired) electrons. The van der Waals surface area contributed by atoms with Crippen molar-refractivity contribution in [3.8, 4) is 0 Å². The van der Waals surface area contributed by atoms with Crippen molar-refractivity contribution >= 4 is 16.9 Å². The first-order valence-electron chi connectivity index (χ1n) is 5.85. The molecule has 3 nitrogen and oxygen atoms in total. The molecule has 0 aliphatic carbocycles. The average Bonchev–Trinajstić information content (AvgIpc) is 2.63. The smallest absolute Gasteiger partial charge is 0.372 e. The minimum absolute atomic E-state index is 0.0445. The third-order valence-corrected chi connectivity index (χ3v) is 2.90. The zero-order chi connectivity index (χ0) is 13.4. The molecular formula is C14H15FO3. The summed E-state index contributed by atoms with van der Waals surface area (Å²) in [7, 11) is 0. The van der Waals surface area contributed by atoms with Crippen molar-refractivity contribution in [2.45, 2.75) is 27.2 Å². The lowest BCUT2D eigenvalue weighted by molar-refractivity contribution is 0.0663.